The van der Waals surface area contributed by atoms with Crippen molar-refractivity contribution in [3.8, 4) is 0 Å². The molecule has 23 heavy (non-hydrogen) atoms. The largest absolute Gasteiger partial charge is 0.378 e. The first-order chi connectivity index (χ1) is 11.3. The molecule has 2 saturated heterocycles. The number of fused-ring (bicyclic) bond motifs is 3. The van der Waals surface area contributed by atoms with E-state index in [4.69, 9.17) is 4.74 Å². The molecule has 1 aromatic carbocycles. The van der Waals surface area contributed by atoms with Crippen LogP contribution >= 0.6 is 0 Å². The second-order valence-electron chi connectivity index (χ2n) is 6.44. The van der Waals surface area contributed by atoms with Crippen molar-refractivity contribution in [2.24, 2.45) is 0 Å². The number of morpholine rings is 1. The lowest BCUT2D eigenvalue weighted by atomic mass is 10.1. The van der Waals surface area contributed by atoms with E-state index in [0.717, 1.165) is 26.2 Å². The maximum Gasteiger partial charge on any atom is 0.320 e. The van der Waals surface area contributed by atoms with E-state index in [2.05, 4.69) is 34.5 Å². The van der Waals surface area contributed by atoms with Gasteiger partial charge < -0.3 is 24.8 Å². The van der Waals surface area contributed by atoms with Crippen LogP contribution in [0.25, 0.3) is 0 Å². The van der Waals surface area contributed by atoms with Crippen LogP contribution in [0.15, 0.2) is 24.3 Å². The number of hydrogen-bond acceptors (Lipinski definition) is 4. The fourth-order valence-electron chi connectivity index (χ4n) is 3.79. The van der Waals surface area contributed by atoms with Gasteiger partial charge >= 0.3 is 6.03 Å². The number of rotatable bonds is 0. The van der Waals surface area contributed by atoms with Gasteiger partial charge in [0.25, 0.3) is 0 Å². The lowest BCUT2D eigenvalue weighted by Crippen LogP contribution is -2.56. The van der Waals surface area contributed by atoms with Gasteiger partial charge in [-0.25, -0.2) is 4.79 Å². The van der Waals surface area contributed by atoms with Crippen molar-refractivity contribution < 1.29 is 9.53 Å². The summed E-state index contributed by atoms with van der Waals surface area (Å²) in [6.07, 6.45) is 0. The Kier molecular flexibility index (Phi) is 4.10. The first-order valence-corrected chi connectivity index (χ1v) is 8.50. The molecule has 3 aliphatic heterocycles. The molecular formula is C17H24N4O2. The molecule has 6 heteroatoms. The lowest BCUT2D eigenvalue weighted by molar-refractivity contribution is 0.0422. The average molecular weight is 316 g/mol. The zero-order valence-electron chi connectivity index (χ0n) is 13.4. The van der Waals surface area contributed by atoms with E-state index >= 15 is 0 Å². The molecule has 2 amide bonds. The summed E-state index contributed by atoms with van der Waals surface area (Å²) in [6, 6.07) is 9.00. The normalized spacial score (nSPS) is 24.7. The van der Waals surface area contributed by atoms with Gasteiger partial charge in [0.2, 0.25) is 0 Å². The van der Waals surface area contributed by atoms with Crippen molar-refractivity contribution in [3.63, 3.8) is 0 Å². The van der Waals surface area contributed by atoms with E-state index < -0.39 is 0 Å². The number of urea groups is 1. The summed E-state index contributed by atoms with van der Waals surface area (Å²) in [5, 5.41) is 3.47. The van der Waals surface area contributed by atoms with Crippen LogP contribution in [-0.2, 0) is 11.3 Å². The first kappa shape index (κ1) is 14.8. The van der Waals surface area contributed by atoms with Crippen LogP contribution in [0.3, 0.4) is 0 Å². The summed E-state index contributed by atoms with van der Waals surface area (Å²) in [5.74, 6) is 0. The smallest absolute Gasteiger partial charge is 0.320 e. The molecule has 0 saturated carbocycles. The Bertz CT molecular complexity index is 573. The van der Waals surface area contributed by atoms with Gasteiger partial charge in [0, 0.05) is 51.5 Å². The lowest BCUT2D eigenvalue weighted by Gasteiger charge is -2.39. The van der Waals surface area contributed by atoms with E-state index in [1.165, 1.54) is 11.3 Å². The maximum atomic E-state index is 12.9. The zero-order chi connectivity index (χ0) is 15.6. The summed E-state index contributed by atoms with van der Waals surface area (Å²) < 4.78 is 5.37. The molecule has 1 atom stereocenters. The van der Waals surface area contributed by atoms with Gasteiger partial charge in [-0.15, -0.1) is 0 Å². The molecule has 0 bridgehead atoms. The third-order valence-electron chi connectivity index (χ3n) is 5.00. The molecule has 1 N–H and O–H groups in total. The minimum absolute atomic E-state index is 0.149. The fraction of sp³-hybridized carbons (Fsp3) is 0.588. The molecule has 4 rings (SSSR count). The third kappa shape index (κ3) is 2.88. The molecule has 1 aromatic rings. The number of ether oxygens (including phenoxy) is 1. The number of carbonyl (C=O) groups is 1. The molecule has 0 spiro atoms. The summed E-state index contributed by atoms with van der Waals surface area (Å²) in [7, 11) is 0. The van der Waals surface area contributed by atoms with E-state index in [1.807, 2.05) is 9.80 Å². The summed E-state index contributed by atoms with van der Waals surface area (Å²) in [5.41, 5.74) is 2.54. The Morgan fingerprint density at radius 3 is 2.83 bits per heavy atom. The van der Waals surface area contributed by atoms with Crippen LogP contribution in [0.1, 0.15) is 5.56 Å². The molecular weight excluding hydrogens is 292 g/mol. The predicted molar refractivity (Wildman–Crippen MR) is 88.6 cm³/mol. The van der Waals surface area contributed by atoms with Crippen LogP contribution in [0.5, 0.6) is 0 Å². The highest BCUT2D eigenvalue weighted by atomic mass is 16.5. The van der Waals surface area contributed by atoms with E-state index in [9.17, 15) is 4.79 Å². The number of nitrogens with one attached hydrogen (secondary N) is 1. The van der Waals surface area contributed by atoms with E-state index in [-0.39, 0.29) is 6.03 Å². The van der Waals surface area contributed by atoms with Gasteiger partial charge in [-0.05, 0) is 11.6 Å². The highest BCUT2D eigenvalue weighted by molar-refractivity contribution is 5.75. The standard InChI is InChI=1S/C17H24N4O2/c22-17(19-7-9-23-10-8-19)20-12-14-3-1-2-4-16(14)21-6-5-18-11-15(21)13-20/h1-4,15,18H,5-13H2. The molecule has 3 aliphatic rings. The number of piperazine rings is 1. The van der Waals surface area contributed by atoms with Crippen LogP contribution in [0.4, 0.5) is 10.5 Å². The fourth-order valence-corrected chi connectivity index (χ4v) is 3.79. The highest BCUT2D eigenvalue weighted by Gasteiger charge is 2.33. The van der Waals surface area contributed by atoms with Crippen molar-refractivity contribution in [2.45, 2.75) is 12.6 Å². The van der Waals surface area contributed by atoms with E-state index in [0.29, 0.717) is 38.9 Å². The number of amides is 2. The minimum Gasteiger partial charge on any atom is -0.378 e. The number of anilines is 1. The second kappa shape index (κ2) is 6.37. The Hall–Kier alpha value is -1.79. The number of carbonyl (C=O) groups excluding carboxylic acids is 1. The first-order valence-electron chi connectivity index (χ1n) is 8.50. The molecule has 6 nitrogen and oxygen atoms in total. The number of benzene rings is 1. The molecule has 3 heterocycles. The molecule has 2 fully saturated rings. The van der Waals surface area contributed by atoms with Crippen molar-refractivity contribution in [1.29, 1.82) is 0 Å². The number of para-hydroxylation sites is 1. The Morgan fingerprint density at radius 2 is 1.96 bits per heavy atom. The molecule has 1 unspecified atom stereocenters. The topological polar surface area (TPSA) is 48.1 Å². The van der Waals surface area contributed by atoms with Crippen molar-refractivity contribution in [3.05, 3.63) is 29.8 Å². The second-order valence-corrected chi connectivity index (χ2v) is 6.44. The zero-order valence-corrected chi connectivity index (χ0v) is 13.4. The third-order valence-corrected chi connectivity index (χ3v) is 5.00. The quantitative estimate of drug-likeness (QED) is 0.767. The Morgan fingerprint density at radius 1 is 1.13 bits per heavy atom. The molecule has 0 radical (unpaired) electrons. The van der Waals surface area contributed by atoms with Crippen LogP contribution < -0.4 is 10.2 Å². The van der Waals surface area contributed by atoms with Gasteiger partial charge in [-0.3, -0.25) is 0 Å². The number of nitrogens with zero attached hydrogens (tertiary/aromatic N) is 3. The maximum absolute atomic E-state index is 12.9. The minimum atomic E-state index is 0.149. The molecule has 0 aromatic heterocycles. The molecule has 124 valence electrons. The van der Waals surface area contributed by atoms with Crippen molar-refractivity contribution in [2.75, 3.05) is 57.4 Å². The Labute approximate surface area is 137 Å². The average Bonchev–Trinajstić information content (AvgIpc) is 2.79. The van der Waals surface area contributed by atoms with E-state index in [1.54, 1.807) is 0 Å². The Balaban J connectivity index is 1.61. The van der Waals surface area contributed by atoms with Crippen LogP contribution in [0.2, 0.25) is 0 Å². The van der Waals surface area contributed by atoms with Gasteiger partial charge in [0.1, 0.15) is 0 Å². The van der Waals surface area contributed by atoms with Crippen LogP contribution in [-0.4, -0.2) is 74.4 Å². The predicted octanol–water partition coefficient (Wildman–Crippen LogP) is 0.733. The molecule has 0 aliphatic carbocycles. The van der Waals surface area contributed by atoms with Gasteiger partial charge in [-0.2, -0.15) is 0 Å². The van der Waals surface area contributed by atoms with Gasteiger partial charge in [0.15, 0.2) is 0 Å². The van der Waals surface area contributed by atoms with Gasteiger partial charge in [-0.1, -0.05) is 18.2 Å². The summed E-state index contributed by atoms with van der Waals surface area (Å²) in [4.78, 5) is 19.4. The number of hydrogen-bond donors (Lipinski definition) is 1. The summed E-state index contributed by atoms with van der Waals surface area (Å²) in [6.45, 7) is 7.09. The van der Waals surface area contributed by atoms with Gasteiger partial charge in [0.05, 0.1) is 19.3 Å². The summed E-state index contributed by atoms with van der Waals surface area (Å²) >= 11 is 0. The van der Waals surface area contributed by atoms with Crippen molar-refractivity contribution >= 4 is 11.7 Å². The van der Waals surface area contributed by atoms with Crippen molar-refractivity contribution in [1.82, 2.24) is 15.1 Å². The monoisotopic (exact) mass is 316 g/mol. The highest BCUT2D eigenvalue weighted by Crippen LogP contribution is 2.29. The SMILES string of the molecule is O=C(N1CCOCC1)N1Cc2ccccc2N2CCNCC2C1. The van der Waals surface area contributed by atoms with Crippen LogP contribution in [0, 0.1) is 0 Å².